The summed E-state index contributed by atoms with van der Waals surface area (Å²) in [6, 6.07) is 0. The standard InChI is InChI=1S/C9H18O2/c1-9(7-10,5-6-11-2)8-3-4-8/h8,10H,3-7H2,1-2H3. The van der Waals surface area contributed by atoms with E-state index < -0.39 is 0 Å². The molecule has 2 nitrogen and oxygen atoms in total. The molecule has 1 saturated carbocycles. The Balaban J connectivity index is 2.31. The second-order valence-electron chi connectivity index (χ2n) is 3.83. The summed E-state index contributed by atoms with van der Waals surface area (Å²) in [6.45, 7) is 3.23. The van der Waals surface area contributed by atoms with Crippen LogP contribution in [-0.2, 0) is 4.74 Å². The first-order valence-corrected chi connectivity index (χ1v) is 4.33. The third kappa shape index (κ3) is 2.17. The molecule has 11 heavy (non-hydrogen) atoms. The number of aliphatic hydroxyl groups is 1. The monoisotopic (exact) mass is 158 g/mol. The normalized spacial score (nSPS) is 23.2. The van der Waals surface area contributed by atoms with Crippen molar-refractivity contribution in [2.75, 3.05) is 20.3 Å². The van der Waals surface area contributed by atoms with E-state index in [0.29, 0.717) is 6.61 Å². The van der Waals surface area contributed by atoms with Crippen LogP contribution in [0.4, 0.5) is 0 Å². The fourth-order valence-electron chi connectivity index (χ4n) is 1.53. The lowest BCUT2D eigenvalue weighted by atomic mass is 9.83. The molecule has 0 aromatic rings. The molecule has 1 N–H and O–H groups in total. The maximum absolute atomic E-state index is 9.17. The smallest absolute Gasteiger partial charge is 0.0488 e. The average molecular weight is 158 g/mol. The molecule has 2 heteroatoms. The van der Waals surface area contributed by atoms with E-state index >= 15 is 0 Å². The Kier molecular flexibility index (Phi) is 2.90. The number of methoxy groups -OCH3 is 1. The number of hydrogen-bond acceptors (Lipinski definition) is 2. The van der Waals surface area contributed by atoms with Crippen LogP contribution in [0.1, 0.15) is 26.2 Å². The molecule has 0 amide bonds. The largest absolute Gasteiger partial charge is 0.396 e. The molecule has 0 heterocycles. The van der Waals surface area contributed by atoms with Gasteiger partial charge in [-0.25, -0.2) is 0 Å². The van der Waals surface area contributed by atoms with Crippen LogP contribution in [0.15, 0.2) is 0 Å². The van der Waals surface area contributed by atoms with Crippen molar-refractivity contribution in [1.29, 1.82) is 0 Å². The zero-order valence-electron chi connectivity index (χ0n) is 7.47. The minimum absolute atomic E-state index is 0.135. The van der Waals surface area contributed by atoms with Gasteiger partial charge in [-0.1, -0.05) is 6.92 Å². The van der Waals surface area contributed by atoms with E-state index in [9.17, 15) is 0 Å². The molecule has 66 valence electrons. The van der Waals surface area contributed by atoms with E-state index in [1.165, 1.54) is 12.8 Å². The summed E-state index contributed by atoms with van der Waals surface area (Å²) in [5, 5.41) is 9.17. The Hall–Kier alpha value is -0.0800. The minimum atomic E-state index is 0.135. The Morgan fingerprint density at radius 3 is 2.55 bits per heavy atom. The Labute approximate surface area is 68.6 Å². The Morgan fingerprint density at radius 2 is 2.18 bits per heavy atom. The summed E-state index contributed by atoms with van der Waals surface area (Å²) in [5.41, 5.74) is 0.135. The van der Waals surface area contributed by atoms with Crippen molar-refractivity contribution in [2.45, 2.75) is 26.2 Å². The van der Waals surface area contributed by atoms with Crippen LogP contribution in [0, 0.1) is 11.3 Å². The van der Waals surface area contributed by atoms with Gasteiger partial charge >= 0.3 is 0 Å². The predicted octanol–water partition coefficient (Wildman–Crippen LogP) is 1.43. The van der Waals surface area contributed by atoms with Crippen LogP contribution in [0.2, 0.25) is 0 Å². The van der Waals surface area contributed by atoms with Crippen LogP contribution in [0.5, 0.6) is 0 Å². The third-order valence-electron chi connectivity index (χ3n) is 2.80. The summed E-state index contributed by atoms with van der Waals surface area (Å²) >= 11 is 0. The summed E-state index contributed by atoms with van der Waals surface area (Å²) in [6.07, 6.45) is 3.58. The van der Waals surface area contributed by atoms with Gasteiger partial charge in [0.05, 0.1) is 0 Å². The first-order valence-electron chi connectivity index (χ1n) is 4.33. The fourth-order valence-corrected chi connectivity index (χ4v) is 1.53. The molecule has 1 aliphatic rings. The number of ether oxygens (including phenoxy) is 1. The Bertz CT molecular complexity index is 121. The molecule has 1 fully saturated rings. The van der Waals surface area contributed by atoms with Crippen molar-refractivity contribution in [1.82, 2.24) is 0 Å². The van der Waals surface area contributed by atoms with Crippen molar-refractivity contribution in [2.24, 2.45) is 11.3 Å². The average Bonchev–Trinajstić information content (AvgIpc) is 2.82. The van der Waals surface area contributed by atoms with Crippen LogP contribution >= 0.6 is 0 Å². The van der Waals surface area contributed by atoms with E-state index in [1.807, 2.05) is 0 Å². The van der Waals surface area contributed by atoms with Gasteiger partial charge in [0.25, 0.3) is 0 Å². The quantitative estimate of drug-likeness (QED) is 0.656. The molecule has 1 unspecified atom stereocenters. The minimum Gasteiger partial charge on any atom is -0.396 e. The Morgan fingerprint density at radius 1 is 1.55 bits per heavy atom. The lowest BCUT2D eigenvalue weighted by Crippen LogP contribution is -2.25. The van der Waals surface area contributed by atoms with Crippen LogP contribution < -0.4 is 0 Å². The van der Waals surface area contributed by atoms with Crippen molar-refractivity contribution in [3.05, 3.63) is 0 Å². The first kappa shape index (κ1) is 9.01. The highest BCUT2D eigenvalue weighted by atomic mass is 16.5. The molecule has 0 aromatic heterocycles. The molecule has 1 aliphatic carbocycles. The summed E-state index contributed by atoms with van der Waals surface area (Å²) in [4.78, 5) is 0. The molecular formula is C9H18O2. The molecule has 0 bridgehead atoms. The molecule has 0 aliphatic heterocycles. The van der Waals surface area contributed by atoms with Gasteiger partial charge in [-0.2, -0.15) is 0 Å². The lowest BCUT2D eigenvalue weighted by molar-refractivity contribution is 0.0721. The van der Waals surface area contributed by atoms with E-state index in [4.69, 9.17) is 9.84 Å². The summed E-state index contributed by atoms with van der Waals surface area (Å²) < 4.78 is 5.01. The molecular weight excluding hydrogens is 140 g/mol. The second kappa shape index (κ2) is 3.55. The van der Waals surface area contributed by atoms with Gasteiger partial charge in [-0.3, -0.25) is 0 Å². The van der Waals surface area contributed by atoms with Gasteiger partial charge in [0, 0.05) is 20.3 Å². The summed E-state index contributed by atoms with van der Waals surface area (Å²) in [5.74, 6) is 0.752. The highest BCUT2D eigenvalue weighted by Gasteiger charge is 2.40. The lowest BCUT2D eigenvalue weighted by Gasteiger charge is -2.26. The maximum Gasteiger partial charge on any atom is 0.0488 e. The van der Waals surface area contributed by atoms with E-state index in [0.717, 1.165) is 18.9 Å². The molecule has 0 spiro atoms. The van der Waals surface area contributed by atoms with Gasteiger partial charge in [0.1, 0.15) is 0 Å². The van der Waals surface area contributed by atoms with Gasteiger partial charge < -0.3 is 9.84 Å². The molecule has 0 aromatic carbocycles. The fraction of sp³-hybridized carbons (Fsp3) is 1.00. The topological polar surface area (TPSA) is 29.5 Å². The zero-order valence-corrected chi connectivity index (χ0v) is 7.47. The van der Waals surface area contributed by atoms with Crippen molar-refractivity contribution < 1.29 is 9.84 Å². The van der Waals surface area contributed by atoms with Gasteiger partial charge in [-0.05, 0) is 30.6 Å². The third-order valence-corrected chi connectivity index (χ3v) is 2.80. The highest BCUT2D eigenvalue weighted by molar-refractivity contribution is 4.90. The SMILES string of the molecule is COCCC(C)(CO)C1CC1. The number of aliphatic hydroxyl groups excluding tert-OH is 1. The van der Waals surface area contributed by atoms with Crippen LogP contribution in [0.3, 0.4) is 0 Å². The van der Waals surface area contributed by atoms with Gasteiger partial charge in [0.15, 0.2) is 0 Å². The van der Waals surface area contributed by atoms with E-state index in [2.05, 4.69) is 6.92 Å². The van der Waals surface area contributed by atoms with E-state index in [1.54, 1.807) is 7.11 Å². The predicted molar refractivity (Wildman–Crippen MR) is 44.4 cm³/mol. The second-order valence-corrected chi connectivity index (χ2v) is 3.83. The van der Waals surface area contributed by atoms with Crippen LogP contribution in [-0.4, -0.2) is 25.4 Å². The van der Waals surface area contributed by atoms with Crippen LogP contribution in [0.25, 0.3) is 0 Å². The number of hydrogen-bond donors (Lipinski definition) is 1. The van der Waals surface area contributed by atoms with Gasteiger partial charge in [-0.15, -0.1) is 0 Å². The molecule has 1 atom stereocenters. The van der Waals surface area contributed by atoms with E-state index in [-0.39, 0.29) is 5.41 Å². The van der Waals surface area contributed by atoms with Crippen molar-refractivity contribution >= 4 is 0 Å². The zero-order chi connectivity index (χ0) is 8.32. The first-order chi connectivity index (χ1) is 5.23. The van der Waals surface area contributed by atoms with Crippen molar-refractivity contribution in [3.63, 3.8) is 0 Å². The molecule has 0 saturated heterocycles. The maximum atomic E-state index is 9.17. The molecule has 0 radical (unpaired) electrons. The number of rotatable bonds is 5. The van der Waals surface area contributed by atoms with Gasteiger partial charge in [0.2, 0.25) is 0 Å². The highest BCUT2D eigenvalue weighted by Crippen LogP contribution is 2.47. The van der Waals surface area contributed by atoms with Crippen molar-refractivity contribution in [3.8, 4) is 0 Å². The summed E-state index contributed by atoms with van der Waals surface area (Å²) in [7, 11) is 1.71. The molecule has 1 rings (SSSR count).